The Bertz CT molecular complexity index is 1520. The van der Waals surface area contributed by atoms with Crippen molar-refractivity contribution in [2.45, 2.75) is 51.4 Å². The molecule has 3 aromatic heterocycles. The monoisotopic (exact) mass is 484 g/mol. The zero-order chi connectivity index (χ0) is 24.6. The van der Waals surface area contributed by atoms with Crippen LogP contribution in [-0.2, 0) is 18.4 Å². The van der Waals surface area contributed by atoms with Crippen molar-refractivity contribution in [2.75, 3.05) is 19.6 Å². The molecule has 1 aromatic carbocycles. The molecule has 186 valence electrons. The van der Waals surface area contributed by atoms with Gasteiger partial charge in [0.25, 0.3) is 0 Å². The van der Waals surface area contributed by atoms with Gasteiger partial charge >= 0.3 is 5.69 Å². The average molecular weight is 485 g/mol. The first-order valence-corrected chi connectivity index (χ1v) is 13.1. The molecular weight excluding hydrogens is 452 g/mol. The van der Waals surface area contributed by atoms with Crippen LogP contribution in [0.2, 0.25) is 0 Å². The van der Waals surface area contributed by atoms with Gasteiger partial charge in [-0.15, -0.1) is 10.2 Å². The maximum atomic E-state index is 12.8. The zero-order valence-electron chi connectivity index (χ0n) is 21.1. The number of piperidine rings is 1. The lowest BCUT2D eigenvalue weighted by Crippen LogP contribution is -2.35. The number of aromatic nitrogens is 5. The second-order valence-electron chi connectivity index (χ2n) is 11.4. The van der Waals surface area contributed by atoms with E-state index in [1.165, 1.54) is 19.5 Å². The first kappa shape index (κ1) is 22.1. The second kappa shape index (κ2) is 7.95. The van der Waals surface area contributed by atoms with Crippen LogP contribution in [0.5, 0.6) is 0 Å². The fourth-order valence-electron chi connectivity index (χ4n) is 5.98. The van der Waals surface area contributed by atoms with E-state index in [9.17, 15) is 4.79 Å². The van der Waals surface area contributed by atoms with E-state index in [-0.39, 0.29) is 17.3 Å². The highest BCUT2D eigenvalue weighted by atomic mass is 16.5. The smallest absolute Gasteiger partial charge is 0.330 e. The minimum absolute atomic E-state index is 0.0177. The lowest BCUT2D eigenvalue weighted by Gasteiger charge is -2.24. The fraction of sp³-hybridized carbons (Fsp3) is 0.500. The SMILES string of the molecule is CC(C)n1c(=O)n(C)c2nnc3ccc(-c4ccc(COC5(CN6CC7CC7C6)CC5)nc4)cc3c21. The van der Waals surface area contributed by atoms with Crippen molar-refractivity contribution in [2.24, 2.45) is 18.9 Å². The van der Waals surface area contributed by atoms with Gasteiger partial charge in [-0.3, -0.25) is 19.0 Å². The largest absolute Gasteiger partial charge is 0.367 e. The fourth-order valence-corrected chi connectivity index (χ4v) is 5.98. The van der Waals surface area contributed by atoms with Gasteiger partial charge in [0.1, 0.15) is 5.52 Å². The molecule has 8 heteroatoms. The molecule has 1 saturated heterocycles. The van der Waals surface area contributed by atoms with E-state index < -0.39 is 0 Å². The highest BCUT2D eigenvalue weighted by Gasteiger charge is 2.51. The molecule has 7 rings (SSSR count). The van der Waals surface area contributed by atoms with Crippen molar-refractivity contribution < 1.29 is 4.74 Å². The Hall–Kier alpha value is -3.10. The van der Waals surface area contributed by atoms with Gasteiger partial charge in [-0.25, -0.2) is 4.79 Å². The van der Waals surface area contributed by atoms with Crippen LogP contribution in [0.15, 0.2) is 41.3 Å². The van der Waals surface area contributed by atoms with Crippen LogP contribution in [0.4, 0.5) is 0 Å². The first-order chi connectivity index (χ1) is 17.4. The molecule has 0 amide bonds. The van der Waals surface area contributed by atoms with Crippen molar-refractivity contribution in [3.8, 4) is 11.1 Å². The van der Waals surface area contributed by atoms with Gasteiger partial charge in [0.05, 0.1) is 23.4 Å². The van der Waals surface area contributed by atoms with E-state index in [1.54, 1.807) is 16.2 Å². The van der Waals surface area contributed by atoms with Crippen LogP contribution in [0.3, 0.4) is 0 Å². The third-order valence-electron chi connectivity index (χ3n) is 8.34. The molecule has 3 aliphatic rings. The molecule has 4 heterocycles. The van der Waals surface area contributed by atoms with Crippen LogP contribution in [0.25, 0.3) is 33.2 Å². The number of rotatable bonds is 7. The molecule has 4 aromatic rings. The number of aryl methyl sites for hydroxylation is 1. The van der Waals surface area contributed by atoms with Gasteiger partial charge in [-0.2, -0.15) is 0 Å². The third-order valence-corrected chi connectivity index (χ3v) is 8.34. The van der Waals surface area contributed by atoms with Crippen molar-refractivity contribution in [3.63, 3.8) is 0 Å². The normalized spacial score (nSPS) is 22.6. The van der Waals surface area contributed by atoms with E-state index in [4.69, 9.17) is 9.72 Å². The first-order valence-electron chi connectivity index (χ1n) is 13.1. The number of imidazole rings is 1. The summed E-state index contributed by atoms with van der Waals surface area (Å²) >= 11 is 0. The number of fused-ring (bicyclic) bond motifs is 4. The zero-order valence-corrected chi connectivity index (χ0v) is 21.1. The minimum atomic E-state index is -0.0758. The average Bonchev–Trinajstić information content (AvgIpc) is 3.76. The number of benzene rings is 1. The van der Waals surface area contributed by atoms with Crippen molar-refractivity contribution in [1.82, 2.24) is 29.2 Å². The predicted octanol–water partition coefficient (Wildman–Crippen LogP) is 3.93. The molecule has 3 fully saturated rings. The van der Waals surface area contributed by atoms with E-state index in [1.807, 2.05) is 32.2 Å². The van der Waals surface area contributed by atoms with Crippen molar-refractivity contribution >= 4 is 22.1 Å². The highest BCUT2D eigenvalue weighted by molar-refractivity contribution is 6.02. The Morgan fingerprint density at radius 1 is 1.08 bits per heavy atom. The Balaban J connectivity index is 1.13. The molecule has 36 heavy (non-hydrogen) atoms. The van der Waals surface area contributed by atoms with Gasteiger partial charge in [0.2, 0.25) is 0 Å². The molecule has 8 nitrogen and oxygen atoms in total. The standard InChI is InChI=1S/C28H32N6O2/c1-17(2)34-25-23-11-18(5-7-24(23)30-31-26(25)32(3)27(34)35)19-4-6-22(29-12-19)15-36-28(8-9-28)16-33-13-20-10-21(20)14-33/h4-7,11-12,17,20-21H,8-10,13-16H2,1-3H3. The molecule has 0 bridgehead atoms. The Labute approximate surface area is 209 Å². The van der Waals surface area contributed by atoms with Gasteiger partial charge in [0, 0.05) is 49.9 Å². The van der Waals surface area contributed by atoms with Gasteiger partial charge in [0.15, 0.2) is 5.65 Å². The van der Waals surface area contributed by atoms with Gasteiger partial charge in [-0.1, -0.05) is 12.1 Å². The molecule has 0 radical (unpaired) electrons. The van der Waals surface area contributed by atoms with E-state index in [2.05, 4.69) is 33.3 Å². The molecule has 2 saturated carbocycles. The summed E-state index contributed by atoms with van der Waals surface area (Å²) in [5.74, 6) is 1.93. The number of ether oxygens (including phenoxy) is 1. The number of nitrogens with zero attached hydrogens (tertiary/aromatic N) is 6. The number of hydrogen-bond acceptors (Lipinski definition) is 6. The summed E-state index contributed by atoms with van der Waals surface area (Å²) in [5, 5.41) is 9.63. The summed E-state index contributed by atoms with van der Waals surface area (Å²) in [6.45, 7) is 8.19. The molecule has 0 N–H and O–H groups in total. The van der Waals surface area contributed by atoms with Crippen LogP contribution >= 0.6 is 0 Å². The van der Waals surface area contributed by atoms with Crippen LogP contribution in [0.1, 0.15) is 44.8 Å². The summed E-state index contributed by atoms with van der Waals surface area (Å²) < 4.78 is 9.76. The van der Waals surface area contributed by atoms with Crippen LogP contribution in [-0.4, -0.2) is 54.5 Å². The topological polar surface area (TPSA) is 78.1 Å². The van der Waals surface area contributed by atoms with Crippen LogP contribution < -0.4 is 5.69 Å². The molecule has 2 unspecified atom stereocenters. The molecule has 0 spiro atoms. The predicted molar refractivity (Wildman–Crippen MR) is 139 cm³/mol. The van der Waals surface area contributed by atoms with Gasteiger partial charge < -0.3 is 4.74 Å². The van der Waals surface area contributed by atoms with Crippen molar-refractivity contribution in [3.05, 3.63) is 52.7 Å². The van der Waals surface area contributed by atoms with Crippen molar-refractivity contribution in [1.29, 1.82) is 0 Å². The summed E-state index contributed by atoms with van der Waals surface area (Å²) in [7, 11) is 1.75. The number of likely N-dealkylation sites (tertiary alicyclic amines) is 1. The number of pyridine rings is 1. The lowest BCUT2D eigenvalue weighted by atomic mass is 10.0. The minimum Gasteiger partial charge on any atom is -0.367 e. The summed E-state index contributed by atoms with van der Waals surface area (Å²) in [6.07, 6.45) is 5.68. The summed E-state index contributed by atoms with van der Waals surface area (Å²) in [6, 6.07) is 10.3. The maximum Gasteiger partial charge on any atom is 0.330 e. The van der Waals surface area contributed by atoms with E-state index in [0.717, 1.165) is 64.5 Å². The Kier molecular flexibility index (Phi) is 4.89. The second-order valence-corrected chi connectivity index (χ2v) is 11.4. The summed E-state index contributed by atoms with van der Waals surface area (Å²) in [5.41, 5.74) is 5.19. The van der Waals surface area contributed by atoms with E-state index in [0.29, 0.717) is 12.3 Å². The third kappa shape index (κ3) is 3.66. The molecule has 1 aliphatic heterocycles. The van der Waals surface area contributed by atoms with Crippen LogP contribution in [0, 0.1) is 11.8 Å². The number of hydrogen-bond donors (Lipinski definition) is 0. The maximum absolute atomic E-state index is 12.8. The molecular formula is C28H32N6O2. The Morgan fingerprint density at radius 2 is 1.86 bits per heavy atom. The molecule has 2 atom stereocenters. The Morgan fingerprint density at radius 3 is 2.56 bits per heavy atom. The highest BCUT2D eigenvalue weighted by Crippen LogP contribution is 2.48. The quantitative estimate of drug-likeness (QED) is 0.396. The summed E-state index contributed by atoms with van der Waals surface area (Å²) in [4.78, 5) is 20.2. The molecule has 2 aliphatic carbocycles. The lowest BCUT2D eigenvalue weighted by molar-refractivity contribution is -0.00380. The van der Waals surface area contributed by atoms with Gasteiger partial charge in [-0.05, 0) is 68.7 Å². The van der Waals surface area contributed by atoms with E-state index >= 15 is 0 Å².